The predicted octanol–water partition coefficient (Wildman–Crippen LogP) is 3.35. The van der Waals surface area contributed by atoms with Crippen molar-refractivity contribution in [3.63, 3.8) is 0 Å². The summed E-state index contributed by atoms with van der Waals surface area (Å²) in [5.74, 6) is 1.29. The monoisotopic (exact) mass is 280 g/mol. The van der Waals surface area contributed by atoms with Gasteiger partial charge in [0, 0.05) is 24.5 Å². The van der Waals surface area contributed by atoms with E-state index in [0.717, 1.165) is 30.6 Å². The van der Waals surface area contributed by atoms with Crippen LogP contribution in [0.5, 0.6) is 0 Å². The Labute approximate surface area is 119 Å². The van der Waals surface area contributed by atoms with Gasteiger partial charge in [0.05, 0.1) is 0 Å². The molecule has 104 valence electrons. The molecule has 0 spiro atoms. The third-order valence-corrected chi connectivity index (χ3v) is 3.75. The van der Waals surface area contributed by atoms with Crippen LogP contribution in [-0.2, 0) is 4.79 Å². The first kappa shape index (κ1) is 14.2. The number of carbonyl (C=O) groups is 1. The van der Waals surface area contributed by atoms with Crippen LogP contribution in [0.1, 0.15) is 20.3 Å². The minimum atomic E-state index is -0.172. The summed E-state index contributed by atoms with van der Waals surface area (Å²) < 4.78 is 0. The van der Waals surface area contributed by atoms with Gasteiger partial charge in [-0.1, -0.05) is 13.8 Å². The van der Waals surface area contributed by atoms with E-state index in [9.17, 15) is 4.79 Å². The Morgan fingerprint density at radius 3 is 2.37 bits per heavy atom. The molecule has 2 rings (SSSR count). The average Bonchev–Trinajstić information content (AvgIpc) is 2.38. The summed E-state index contributed by atoms with van der Waals surface area (Å²) in [6.07, 6.45) is 1.31. The molecule has 1 N–H and O–H groups in total. The zero-order chi connectivity index (χ0) is 13.8. The van der Waals surface area contributed by atoms with Crippen LogP contribution >= 0.6 is 11.6 Å². The zero-order valence-electron chi connectivity index (χ0n) is 11.5. The molecule has 1 aromatic rings. The zero-order valence-corrected chi connectivity index (χ0v) is 12.3. The van der Waals surface area contributed by atoms with Crippen molar-refractivity contribution < 1.29 is 4.79 Å². The molecule has 4 heteroatoms. The molecule has 2 atom stereocenters. The van der Waals surface area contributed by atoms with Crippen molar-refractivity contribution in [3.8, 4) is 0 Å². The van der Waals surface area contributed by atoms with Crippen molar-refractivity contribution in [1.82, 2.24) is 0 Å². The smallest absolute Gasteiger partial charge is 0.239 e. The topological polar surface area (TPSA) is 32.3 Å². The molecule has 1 aromatic carbocycles. The minimum absolute atomic E-state index is 0.0110. The number of anilines is 2. The van der Waals surface area contributed by atoms with Crippen LogP contribution in [0, 0.1) is 11.8 Å². The molecule has 1 saturated heterocycles. The number of nitrogens with one attached hydrogen (secondary N) is 1. The lowest BCUT2D eigenvalue weighted by Crippen LogP contribution is -2.38. The fraction of sp³-hybridized carbons (Fsp3) is 0.533. The van der Waals surface area contributed by atoms with Crippen LogP contribution in [0.2, 0.25) is 0 Å². The van der Waals surface area contributed by atoms with E-state index < -0.39 is 0 Å². The molecule has 0 aliphatic carbocycles. The van der Waals surface area contributed by atoms with Crippen LogP contribution in [0.15, 0.2) is 24.3 Å². The molecule has 1 fully saturated rings. The Kier molecular flexibility index (Phi) is 4.70. The Morgan fingerprint density at radius 2 is 1.84 bits per heavy atom. The Hall–Kier alpha value is -1.22. The minimum Gasteiger partial charge on any atom is -0.371 e. The fourth-order valence-corrected chi connectivity index (χ4v) is 2.89. The summed E-state index contributed by atoms with van der Waals surface area (Å²) in [7, 11) is 0. The SMILES string of the molecule is C[C@@H]1C[C@H](C)CN(c2ccc(NC(=O)CCl)cc2)C1. The summed E-state index contributed by atoms with van der Waals surface area (Å²) in [6, 6.07) is 8.00. The van der Waals surface area contributed by atoms with Crippen LogP contribution in [-0.4, -0.2) is 24.9 Å². The molecular weight excluding hydrogens is 260 g/mol. The molecule has 0 unspecified atom stereocenters. The number of amides is 1. The highest BCUT2D eigenvalue weighted by Crippen LogP contribution is 2.27. The summed E-state index contributed by atoms with van der Waals surface area (Å²) >= 11 is 5.47. The number of halogens is 1. The van der Waals surface area contributed by atoms with Gasteiger partial charge in [0.15, 0.2) is 0 Å². The first-order valence-electron chi connectivity index (χ1n) is 6.79. The number of nitrogens with zero attached hydrogens (tertiary/aromatic N) is 1. The highest BCUT2D eigenvalue weighted by atomic mass is 35.5. The lowest BCUT2D eigenvalue weighted by Gasteiger charge is -2.36. The van der Waals surface area contributed by atoms with E-state index in [0.29, 0.717) is 0 Å². The normalized spacial score (nSPS) is 23.2. The van der Waals surface area contributed by atoms with Gasteiger partial charge in [-0.15, -0.1) is 11.6 Å². The molecular formula is C15H21ClN2O. The first-order chi connectivity index (χ1) is 9.08. The van der Waals surface area contributed by atoms with E-state index in [1.54, 1.807) is 0 Å². The van der Waals surface area contributed by atoms with Crippen LogP contribution in [0.25, 0.3) is 0 Å². The maximum atomic E-state index is 11.2. The molecule has 0 radical (unpaired) electrons. The predicted molar refractivity (Wildman–Crippen MR) is 80.9 cm³/mol. The number of hydrogen-bond acceptors (Lipinski definition) is 2. The van der Waals surface area contributed by atoms with Gasteiger partial charge < -0.3 is 10.2 Å². The van der Waals surface area contributed by atoms with Crippen molar-refractivity contribution >= 4 is 28.9 Å². The van der Waals surface area contributed by atoms with E-state index in [1.807, 2.05) is 12.1 Å². The third kappa shape index (κ3) is 3.87. The van der Waals surface area contributed by atoms with Crippen LogP contribution in [0.3, 0.4) is 0 Å². The van der Waals surface area contributed by atoms with Gasteiger partial charge in [-0.25, -0.2) is 0 Å². The highest BCUT2D eigenvalue weighted by molar-refractivity contribution is 6.29. The Balaban J connectivity index is 2.03. The third-order valence-electron chi connectivity index (χ3n) is 3.51. The van der Waals surface area contributed by atoms with Crippen LogP contribution < -0.4 is 10.2 Å². The summed E-state index contributed by atoms with van der Waals surface area (Å²) in [5.41, 5.74) is 2.02. The van der Waals surface area contributed by atoms with Gasteiger partial charge in [0.25, 0.3) is 0 Å². The molecule has 3 nitrogen and oxygen atoms in total. The lowest BCUT2D eigenvalue weighted by molar-refractivity contribution is -0.113. The van der Waals surface area contributed by atoms with Crippen molar-refractivity contribution in [2.45, 2.75) is 20.3 Å². The number of rotatable bonds is 3. The van der Waals surface area contributed by atoms with Gasteiger partial charge in [-0.05, 0) is 42.5 Å². The van der Waals surface area contributed by atoms with Gasteiger partial charge >= 0.3 is 0 Å². The van der Waals surface area contributed by atoms with Gasteiger partial charge in [-0.2, -0.15) is 0 Å². The van der Waals surface area contributed by atoms with Gasteiger partial charge in [-0.3, -0.25) is 4.79 Å². The number of benzene rings is 1. The molecule has 1 aliphatic heterocycles. The summed E-state index contributed by atoms with van der Waals surface area (Å²) in [4.78, 5) is 13.6. The Bertz CT molecular complexity index is 422. The van der Waals surface area contributed by atoms with Crippen molar-refractivity contribution in [2.24, 2.45) is 11.8 Å². The maximum Gasteiger partial charge on any atom is 0.239 e. The molecule has 0 saturated carbocycles. The second kappa shape index (κ2) is 6.29. The van der Waals surface area contributed by atoms with E-state index in [2.05, 4.69) is 36.2 Å². The van der Waals surface area contributed by atoms with Crippen molar-refractivity contribution in [3.05, 3.63) is 24.3 Å². The molecule has 0 aromatic heterocycles. The average molecular weight is 281 g/mol. The van der Waals surface area contributed by atoms with E-state index in [1.165, 1.54) is 12.1 Å². The van der Waals surface area contributed by atoms with Crippen molar-refractivity contribution in [1.29, 1.82) is 0 Å². The number of carbonyl (C=O) groups excluding carboxylic acids is 1. The lowest BCUT2D eigenvalue weighted by atomic mass is 9.91. The standard InChI is InChI=1S/C15H21ClN2O/c1-11-7-12(2)10-18(9-11)14-5-3-13(4-6-14)17-15(19)8-16/h3-6,11-12H,7-10H2,1-2H3,(H,17,19)/t11-,12+. The fourth-order valence-electron chi connectivity index (χ4n) is 2.82. The largest absolute Gasteiger partial charge is 0.371 e. The molecule has 0 bridgehead atoms. The van der Waals surface area contributed by atoms with E-state index in [4.69, 9.17) is 11.6 Å². The highest BCUT2D eigenvalue weighted by Gasteiger charge is 2.21. The molecule has 1 heterocycles. The quantitative estimate of drug-likeness (QED) is 0.861. The van der Waals surface area contributed by atoms with Crippen LogP contribution in [0.4, 0.5) is 11.4 Å². The molecule has 1 aliphatic rings. The molecule has 1 amide bonds. The first-order valence-corrected chi connectivity index (χ1v) is 7.32. The summed E-state index contributed by atoms with van der Waals surface area (Å²) in [6.45, 7) is 6.82. The molecule has 19 heavy (non-hydrogen) atoms. The van der Waals surface area contributed by atoms with Crippen molar-refractivity contribution in [2.75, 3.05) is 29.2 Å². The second-order valence-electron chi connectivity index (χ2n) is 5.58. The second-order valence-corrected chi connectivity index (χ2v) is 5.85. The number of hydrogen-bond donors (Lipinski definition) is 1. The van der Waals surface area contributed by atoms with E-state index in [-0.39, 0.29) is 11.8 Å². The summed E-state index contributed by atoms with van der Waals surface area (Å²) in [5, 5.41) is 2.75. The van der Waals surface area contributed by atoms with Gasteiger partial charge in [0.1, 0.15) is 5.88 Å². The van der Waals surface area contributed by atoms with Gasteiger partial charge in [0.2, 0.25) is 5.91 Å². The maximum absolute atomic E-state index is 11.2. The Morgan fingerprint density at radius 1 is 1.26 bits per heavy atom. The van der Waals surface area contributed by atoms with E-state index >= 15 is 0 Å². The number of piperidine rings is 1. The number of alkyl halides is 1.